The molecule has 1 fully saturated rings. The number of benzene rings is 1. The summed E-state index contributed by atoms with van der Waals surface area (Å²) in [4.78, 5) is 20.7. The van der Waals surface area contributed by atoms with E-state index >= 15 is 0 Å². The average molecular weight is 389 g/mol. The first-order chi connectivity index (χ1) is 11.6. The number of hydrogen-bond acceptors (Lipinski definition) is 4. The minimum absolute atomic E-state index is 0.236. The van der Waals surface area contributed by atoms with Crippen molar-refractivity contribution < 1.29 is 4.79 Å². The van der Waals surface area contributed by atoms with Crippen molar-refractivity contribution in [1.29, 1.82) is 0 Å². The average Bonchev–Trinajstić information content (AvgIpc) is 2.59. The first-order valence-corrected chi connectivity index (χ1v) is 9.07. The predicted octanol–water partition coefficient (Wildman–Crippen LogP) is 4.54. The molecule has 0 radical (unpaired) electrons. The molecule has 5 nitrogen and oxygen atoms in total. The summed E-state index contributed by atoms with van der Waals surface area (Å²) in [5.41, 5.74) is 2.21. The summed E-state index contributed by atoms with van der Waals surface area (Å²) >= 11 is 3.47. The van der Waals surface area contributed by atoms with Crippen LogP contribution in [0.2, 0.25) is 0 Å². The van der Waals surface area contributed by atoms with E-state index in [1.54, 1.807) is 6.07 Å². The predicted molar refractivity (Wildman–Crippen MR) is 99.4 cm³/mol. The van der Waals surface area contributed by atoms with Crippen LogP contribution in [0.3, 0.4) is 0 Å². The zero-order chi connectivity index (χ0) is 16.9. The highest BCUT2D eigenvalue weighted by atomic mass is 79.9. The van der Waals surface area contributed by atoms with Crippen molar-refractivity contribution in [1.82, 2.24) is 9.97 Å². The van der Waals surface area contributed by atoms with Gasteiger partial charge in [0, 0.05) is 22.3 Å². The standard InChI is InChI=1S/C18H21BrN4O/c1-12-7-8-14(9-15(12)19)23-18(24)16-10-17(21-11-20-16)22-13-5-3-2-4-6-13/h7-11,13H,2-6H2,1H3,(H,23,24)(H,20,21,22). The summed E-state index contributed by atoms with van der Waals surface area (Å²) in [7, 11) is 0. The van der Waals surface area contributed by atoms with Crippen LogP contribution >= 0.6 is 15.9 Å². The van der Waals surface area contributed by atoms with Gasteiger partial charge in [0.1, 0.15) is 17.8 Å². The zero-order valence-corrected chi connectivity index (χ0v) is 15.3. The van der Waals surface area contributed by atoms with Crippen LogP contribution in [-0.2, 0) is 0 Å². The molecule has 0 atom stereocenters. The number of hydrogen-bond donors (Lipinski definition) is 2. The maximum Gasteiger partial charge on any atom is 0.274 e. The van der Waals surface area contributed by atoms with E-state index in [1.165, 1.54) is 25.6 Å². The largest absolute Gasteiger partial charge is 0.367 e. The van der Waals surface area contributed by atoms with Crippen molar-refractivity contribution >= 4 is 33.3 Å². The molecule has 1 saturated carbocycles. The Balaban J connectivity index is 1.68. The highest BCUT2D eigenvalue weighted by Gasteiger charge is 2.15. The lowest BCUT2D eigenvalue weighted by molar-refractivity contribution is 0.102. The first kappa shape index (κ1) is 16.9. The smallest absolute Gasteiger partial charge is 0.274 e. The molecule has 0 aliphatic heterocycles. The SMILES string of the molecule is Cc1ccc(NC(=O)c2cc(NC3CCCCC3)ncn2)cc1Br. The lowest BCUT2D eigenvalue weighted by Gasteiger charge is -2.23. The van der Waals surface area contributed by atoms with E-state index in [0.717, 1.165) is 28.6 Å². The van der Waals surface area contributed by atoms with E-state index in [4.69, 9.17) is 0 Å². The second kappa shape index (κ2) is 7.75. The van der Waals surface area contributed by atoms with Gasteiger partial charge in [-0.2, -0.15) is 0 Å². The molecule has 24 heavy (non-hydrogen) atoms. The van der Waals surface area contributed by atoms with Crippen LogP contribution in [0.1, 0.15) is 48.2 Å². The normalized spacial score (nSPS) is 15.1. The van der Waals surface area contributed by atoms with Crippen molar-refractivity contribution in [3.8, 4) is 0 Å². The van der Waals surface area contributed by atoms with Crippen LogP contribution in [0.15, 0.2) is 35.1 Å². The van der Waals surface area contributed by atoms with Crippen LogP contribution in [0.4, 0.5) is 11.5 Å². The lowest BCUT2D eigenvalue weighted by Crippen LogP contribution is -2.23. The maximum atomic E-state index is 12.4. The Labute approximate surface area is 150 Å². The second-order valence-electron chi connectivity index (χ2n) is 6.19. The molecule has 126 valence electrons. The third kappa shape index (κ3) is 4.32. The van der Waals surface area contributed by atoms with Gasteiger partial charge < -0.3 is 10.6 Å². The summed E-state index contributed by atoms with van der Waals surface area (Å²) in [6.07, 6.45) is 7.55. The Morgan fingerprint density at radius 1 is 1.17 bits per heavy atom. The molecule has 1 aliphatic carbocycles. The number of nitrogens with one attached hydrogen (secondary N) is 2. The van der Waals surface area contributed by atoms with E-state index < -0.39 is 0 Å². The Hall–Kier alpha value is -1.95. The van der Waals surface area contributed by atoms with Gasteiger partial charge >= 0.3 is 0 Å². The van der Waals surface area contributed by atoms with Crippen LogP contribution < -0.4 is 10.6 Å². The van der Waals surface area contributed by atoms with Gasteiger partial charge in [0.2, 0.25) is 0 Å². The molecule has 2 aromatic rings. The van der Waals surface area contributed by atoms with E-state index in [-0.39, 0.29) is 5.91 Å². The summed E-state index contributed by atoms with van der Waals surface area (Å²) in [6, 6.07) is 7.87. The Bertz CT molecular complexity index is 729. The molecule has 2 N–H and O–H groups in total. The van der Waals surface area contributed by atoms with Crippen LogP contribution in [-0.4, -0.2) is 21.9 Å². The number of aromatic nitrogens is 2. The Morgan fingerprint density at radius 3 is 2.71 bits per heavy atom. The number of carbonyl (C=O) groups is 1. The van der Waals surface area contributed by atoms with Gasteiger partial charge in [0.25, 0.3) is 5.91 Å². The molecule has 1 aromatic carbocycles. The summed E-state index contributed by atoms with van der Waals surface area (Å²) < 4.78 is 0.961. The monoisotopic (exact) mass is 388 g/mol. The van der Waals surface area contributed by atoms with Crippen molar-refractivity contribution in [2.45, 2.75) is 45.1 Å². The number of nitrogens with zero attached hydrogens (tertiary/aromatic N) is 2. The molecule has 1 heterocycles. The highest BCUT2D eigenvalue weighted by molar-refractivity contribution is 9.10. The van der Waals surface area contributed by atoms with Gasteiger partial charge in [-0.15, -0.1) is 0 Å². The summed E-state index contributed by atoms with van der Waals surface area (Å²) in [5, 5.41) is 6.29. The first-order valence-electron chi connectivity index (χ1n) is 8.28. The molecule has 6 heteroatoms. The molecule has 0 saturated heterocycles. The molecule has 1 aromatic heterocycles. The van der Waals surface area contributed by atoms with Gasteiger partial charge in [-0.25, -0.2) is 9.97 Å². The topological polar surface area (TPSA) is 66.9 Å². The molecule has 3 rings (SSSR count). The fourth-order valence-corrected chi connectivity index (χ4v) is 3.26. The van der Waals surface area contributed by atoms with E-state index in [9.17, 15) is 4.79 Å². The Morgan fingerprint density at radius 2 is 1.96 bits per heavy atom. The van der Waals surface area contributed by atoms with Gasteiger partial charge in [-0.1, -0.05) is 41.3 Å². The minimum Gasteiger partial charge on any atom is -0.367 e. The number of amides is 1. The maximum absolute atomic E-state index is 12.4. The molecular formula is C18H21BrN4O. The minimum atomic E-state index is -0.236. The third-order valence-electron chi connectivity index (χ3n) is 4.29. The fraction of sp³-hybridized carbons (Fsp3) is 0.389. The number of rotatable bonds is 4. The van der Waals surface area contributed by atoms with Crippen molar-refractivity contribution in [2.24, 2.45) is 0 Å². The van der Waals surface area contributed by atoms with Gasteiger partial charge in [0.05, 0.1) is 0 Å². The summed E-state index contributed by atoms with van der Waals surface area (Å²) in [6.45, 7) is 2.00. The molecule has 0 bridgehead atoms. The van der Waals surface area contributed by atoms with Crippen molar-refractivity contribution in [3.05, 3.63) is 46.3 Å². The molecule has 0 unspecified atom stereocenters. The number of anilines is 2. The number of aryl methyl sites for hydroxylation is 1. The third-order valence-corrected chi connectivity index (χ3v) is 5.14. The molecule has 0 spiro atoms. The van der Waals surface area contributed by atoms with Crippen LogP contribution in [0.5, 0.6) is 0 Å². The quantitative estimate of drug-likeness (QED) is 0.806. The number of halogens is 1. The number of carbonyl (C=O) groups excluding carboxylic acids is 1. The highest BCUT2D eigenvalue weighted by Crippen LogP contribution is 2.22. The zero-order valence-electron chi connectivity index (χ0n) is 13.7. The van der Waals surface area contributed by atoms with Crippen molar-refractivity contribution in [3.63, 3.8) is 0 Å². The fourth-order valence-electron chi connectivity index (χ4n) is 2.88. The van der Waals surface area contributed by atoms with Crippen LogP contribution in [0, 0.1) is 6.92 Å². The van der Waals surface area contributed by atoms with Crippen molar-refractivity contribution in [2.75, 3.05) is 10.6 Å². The van der Waals surface area contributed by atoms with E-state index in [2.05, 4.69) is 36.5 Å². The van der Waals surface area contributed by atoms with Crippen LogP contribution in [0.25, 0.3) is 0 Å². The summed E-state index contributed by atoms with van der Waals surface area (Å²) in [5.74, 6) is 0.479. The van der Waals surface area contributed by atoms with Gasteiger partial charge in [-0.3, -0.25) is 4.79 Å². The lowest BCUT2D eigenvalue weighted by atomic mass is 9.95. The Kier molecular flexibility index (Phi) is 5.45. The van der Waals surface area contributed by atoms with E-state index in [0.29, 0.717) is 17.6 Å². The van der Waals surface area contributed by atoms with E-state index in [1.807, 2.05) is 25.1 Å². The van der Waals surface area contributed by atoms with Gasteiger partial charge in [0.15, 0.2) is 0 Å². The molecule has 1 aliphatic rings. The van der Waals surface area contributed by atoms with Gasteiger partial charge in [-0.05, 0) is 37.5 Å². The molecular weight excluding hydrogens is 368 g/mol. The second-order valence-corrected chi connectivity index (χ2v) is 7.04. The molecule has 1 amide bonds.